The smallest absolute Gasteiger partial charge is 0.263 e. The van der Waals surface area contributed by atoms with Crippen LogP contribution in [0.5, 0.6) is 0 Å². The maximum absolute atomic E-state index is 12.9. The monoisotopic (exact) mass is 379 g/mol. The van der Waals surface area contributed by atoms with E-state index in [0.717, 1.165) is 15.3 Å². The Morgan fingerprint density at radius 1 is 1.38 bits per heavy atom. The lowest BCUT2D eigenvalue weighted by atomic mass is 10.2. The maximum Gasteiger partial charge on any atom is 0.263 e. The molecule has 5 nitrogen and oxygen atoms in total. The van der Waals surface area contributed by atoms with Gasteiger partial charge in [0.2, 0.25) is 5.91 Å². The van der Waals surface area contributed by atoms with Crippen LogP contribution in [0.1, 0.15) is 13.8 Å². The second kappa shape index (κ2) is 7.50. The third-order valence-corrected chi connectivity index (χ3v) is 6.22. The Balaban J connectivity index is 2.04. The summed E-state index contributed by atoms with van der Waals surface area (Å²) in [5.74, 6) is 0.208. The number of rotatable bonds is 6. The minimum absolute atomic E-state index is 0.0365. The highest BCUT2D eigenvalue weighted by Crippen LogP contribution is 2.34. The number of thiophene rings is 2. The average molecular weight is 380 g/mol. The molecule has 0 fully saturated rings. The van der Waals surface area contributed by atoms with Crippen molar-refractivity contribution in [1.82, 2.24) is 14.9 Å². The zero-order valence-electron chi connectivity index (χ0n) is 13.4. The van der Waals surface area contributed by atoms with Crippen LogP contribution in [0.4, 0.5) is 0 Å². The number of hydrogen-bond donors (Lipinski definition) is 1. The number of aromatic nitrogens is 2. The molecule has 3 rings (SSSR count). The lowest BCUT2D eigenvalue weighted by Gasteiger charge is -2.10. The van der Waals surface area contributed by atoms with Gasteiger partial charge in [0.15, 0.2) is 5.16 Å². The van der Waals surface area contributed by atoms with E-state index in [-0.39, 0.29) is 17.2 Å². The van der Waals surface area contributed by atoms with Crippen molar-refractivity contribution in [3.8, 4) is 10.4 Å². The standard InChI is InChI=1S/C16H17N3O2S3/c1-3-17-12(20)9-24-16-18-14-13(15(21)19(16)4-2)10(8-23-14)11-6-5-7-22-11/h5-8H,3-4,9H2,1-2H3,(H,17,20). The highest BCUT2D eigenvalue weighted by Gasteiger charge is 2.17. The van der Waals surface area contributed by atoms with Crippen LogP contribution in [0.2, 0.25) is 0 Å². The van der Waals surface area contributed by atoms with E-state index in [1.165, 1.54) is 23.1 Å². The average Bonchev–Trinajstić information content (AvgIpc) is 3.22. The van der Waals surface area contributed by atoms with E-state index in [2.05, 4.69) is 10.3 Å². The lowest BCUT2D eigenvalue weighted by Crippen LogP contribution is -2.26. The summed E-state index contributed by atoms with van der Waals surface area (Å²) in [5, 5.41) is 8.02. The summed E-state index contributed by atoms with van der Waals surface area (Å²) in [6.45, 7) is 4.93. The van der Waals surface area contributed by atoms with Crippen molar-refractivity contribution in [1.29, 1.82) is 0 Å². The molecule has 3 heterocycles. The minimum atomic E-state index is -0.0510. The van der Waals surface area contributed by atoms with Gasteiger partial charge in [0, 0.05) is 28.9 Å². The van der Waals surface area contributed by atoms with E-state index in [1.807, 2.05) is 36.7 Å². The highest BCUT2D eigenvalue weighted by atomic mass is 32.2. The molecular formula is C16H17N3O2S3. The number of hydrogen-bond acceptors (Lipinski definition) is 6. The Bertz CT molecular complexity index is 913. The third kappa shape index (κ3) is 3.26. The lowest BCUT2D eigenvalue weighted by molar-refractivity contribution is -0.118. The summed E-state index contributed by atoms with van der Waals surface area (Å²) in [4.78, 5) is 31.1. The molecule has 3 aromatic heterocycles. The molecule has 0 saturated heterocycles. The number of nitrogens with zero attached hydrogens (tertiary/aromatic N) is 2. The van der Waals surface area contributed by atoms with Gasteiger partial charge in [-0.2, -0.15) is 0 Å². The Morgan fingerprint density at radius 3 is 2.88 bits per heavy atom. The largest absolute Gasteiger partial charge is 0.356 e. The first kappa shape index (κ1) is 17.2. The van der Waals surface area contributed by atoms with Gasteiger partial charge < -0.3 is 5.32 Å². The van der Waals surface area contributed by atoms with Gasteiger partial charge in [-0.05, 0) is 25.3 Å². The molecule has 0 aliphatic rings. The topological polar surface area (TPSA) is 64.0 Å². The first-order valence-corrected chi connectivity index (χ1v) is 10.4. The summed E-state index contributed by atoms with van der Waals surface area (Å²) >= 11 is 4.39. The summed E-state index contributed by atoms with van der Waals surface area (Å²) in [6, 6.07) is 3.99. The highest BCUT2D eigenvalue weighted by molar-refractivity contribution is 7.99. The van der Waals surface area contributed by atoms with E-state index < -0.39 is 0 Å². The molecule has 0 aliphatic carbocycles. The van der Waals surface area contributed by atoms with Crippen molar-refractivity contribution in [2.24, 2.45) is 0 Å². The van der Waals surface area contributed by atoms with Gasteiger partial charge >= 0.3 is 0 Å². The predicted octanol–water partition coefficient (Wildman–Crippen LogP) is 3.43. The molecular weight excluding hydrogens is 362 g/mol. The molecule has 3 aromatic rings. The van der Waals surface area contributed by atoms with Gasteiger partial charge in [0.25, 0.3) is 5.56 Å². The van der Waals surface area contributed by atoms with Gasteiger partial charge in [-0.3, -0.25) is 14.2 Å². The van der Waals surface area contributed by atoms with Crippen molar-refractivity contribution in [2.75, 3.05) is 12.3 Å². The van der Waals surface area contributed by atoms with Crippen LogP contribution < -0.4 is 10.9 Å². The summed E-state index contributed by atoms with van der Waals surface area (Å²) < 4.78 is 1.65. The molecule has 0 atom stereocenters. The number of carbonyl (C=O) groups is 1. The van der Waals surface area contributed by atoms with Crippen molar-refractivity contribution >= 4 is 50.6 Å². The Hall–Kier alpha value is -1.64. The van der Waals surface area contributed by atoms with Gasteiger partial charge in [0.05, 0.1) is 11.1 Å². The number of thioether (sulfide) groups is 1. The van der Waals surface area contributed by atoms with Gasteiger partial charge in [0.1, 0.15) is 4.83 Å². The fourth-order valence-corrected chi connectivity index (χ4v) is 5.08. The third-order valence-electron chi connectivity index (χ3n) is 3.47. The summed E-state index contributed by atoms with van der Waals surface area (Å²) in [7, 11) is 0. The van der Waals surface area contributed by atoms with Crippen molar-refractivity contribution < 1.29 is 4.79 Å². The SMILES string of the molecule is CCNC(=O)CSc1nc2scc(-c3cccs3)c2c(=O)n1CC. The van der Waals surface area contributed by atoms with Crippen LogP contribution in [-0.4, -0.2) is 27.8 Å². The molecule has 1 N–H and O–H groups in total. The van der Waals surface area contributed by atoms with Crippen LogP contribution >= 0.6 is 34.4 Å². The van der Waals surface area contributed by atoms with Crippen LogP contribution in [-0.2, 0) is 11.3 Å². The molecule has 0 spiro atoms. The minimum Gasteiger partial charge on any atom is -0.356 e. The molecule has 0 saturated carbocycles. The number of amides is 1. The molecule has 0 radical (unpaired) electrons. The fourth-order valence-electron chi connectivity index (χ4n) is 2.39. The second-order valence-corrected chi connectivity index (χ2v) is 7.74. The van der Waals surface area contributed by atoms with Gasteiger partial charge in [-0.1, -0.05) is 17.8 Å². The molecule has 126 valence electrons. The molecule has 1 amide bonds. The Kier molecular flexibility index (Phi) is 5.37. The van der Waals surface area contributed by atoms with Crippen LogP contribution in [0, 0.1) is 0 Å². The normalized spacial score (nSPS) is 11.1. The number of carbonyl (C=O) groups excluding carboxylic acids is 1. The van der Waals surface area contributed by atoms with E-state index in [1.54, 1.807) is 15.9 Å². The Morgan fingerprint density at radius 2 is 2.21 bits per heavy atom. The molecule has 0 aliphatic heterocycles. The summed E-state index contributed by atoms with van der Waals surface area (Å²) in [5.41, 5.74) is 0.913. The van der Waals surface area contributed by atoms with E-state index in [0.29, 0.717) is 23.6 Å². The quantitative estimate of drug-likeness (QED) is 0.526. The second-order valence-electron chi connectivity index (χ2n) is 4.99. The van der Waals surface area contributed by atoms with Crippen molar-refractivity contribution in [3.05, 3.63) is 33.2 Å². The van der Waals surface area contributed by atoms with E-state index in [4.69, 9.17) is 0 Å². The molecule has 0 unspecified atom stereocenters. The number of fused-ring (bicyclic) bond motifs is 1. The zero-order chi connectivity index (χ0) is 17.1. The molecule has 8 heteroatoms. The first-order valence-electron chi connectivity index (χ1n) is 7.61. The van der Waals surface area contributed by atoms with Crippen LogP contribution in [0.15, 0.2) is 32.8 Å². The fraction of sp³-hybridized carbons (Fsp3) is 0.312. The maximum atomic E-state index is 12.9. The van der Waals surface area contributed by atoms with Crippen molar-refractivity contribution in [2.45, 2.75) is 25.5 Å². The van der Waals surface area contributed by atoms with Gasteiger partial charge in [-0.25, -0.2) is 4.98 Å². The molecule has 24 heavy (non-hydrogen) atoms. The van der Waals surface area contributed by atoms with Gasteiger partial charge in [-0.15, -0.1) is 22.7 Å². The molecule has 0 bridgehead atoms. The van der Waals surface area contributed by atoms with Crippen LogP contribution in [0.25, 0.3) is 20.7 Å². The number of nitrogens with one attached hydrogen (secondary N) is 1. The summed E-state index contributed by atoms with van der Waals surface area (Å²) in [6.07, 6.45) is 0. The zero-order valence-corrected chi connectivity index (χ0v) is 15.8. The van der Waals surface area contributed by atoms with Crippen LogP contribution in [0.3, 0.4) is 0 Å². The predicted molar refractivity (Wildman–Crippen MR) is 102 cm³/mol. The van der Waals surface area contributed by atoms with E-state index >= 15 is 0 Å². The Labute approximate surface area is 151 Å². The van der Waals surface area contributed by atoms with E-state index in [9.17, 15) is 9.59 Å². The van der Waals surface area contributed by atoms with Crippen molar-refractivity contribution in [3.63, 3.8) is 0 Å². The first-order chi connectivity index (χ1) is 11.7. The molecule has 0 aromatic carbocycles.